The monoisotopic (exact) mass is 353 g/mol. The third kappa shape index (κ3) is 3.60. The molecule has 0 radical (unpaired) electrons. The molecule has 0 fully saturated rings. The molecular formula is C16H20ClN3O2S. The Hall–Kier alpha value is -1.76. The maximum Gasteiger partial charge on any atom is 0.240 e. The van der Waals surface area contributed by atoms with E-state index >= 15 is 0 Å². The Morgan fingerprint density at radius 1 is 1.22 bits per heavy atom. The minimum atomic E-state index is -3.42. The Bertz CT molecular complexity index is 809. The molecule has 0 saturated heterocycles. The van der Waals surface area contributed by atoms with Gasteiger partial charge in [-0.1, -0.05) is 18.2 Å². The number of rotatable bonds is 4. The second-order valence-corrected chi connectivity index (χ2v) is 7.30. The minimum absolute atomic E-state index is 0. The van der Waals surface area contributed by atoms with Crippen molar-refractivity contribution in [2.75, 3.05) is 24.2 Å². The van der Waals surface area contributed by atoms with Gasteiger partial charge in [-0.05, 0) is 48.9 Å². The summed E-state index contributed by atoms with van der Waals surface area (Å²) in [4.78, 5) is 2.49. The Balaban J connectivity index is 0.00000192. The van der Waals surface area contributed by atoms with Crippen molar-refractivity contribution < 1.29 is 8.42 Å². The standard InChI is InChI=1S/C16H19N3O2S.ClH/c1-18-22(20,21)15-6-5-13-7-8-19(16(13)10-15)11-12-3-2-4-14(17)9-12;/h2-6,9-10,18H,7-8,11,17H2,1H3;1H. The molecule has 124 valence electrons. The van der Waals surface area contributed by atoms with Gasteiger partial charge in [-0.3, -0.25) is 0 Å². The summed E-state index contributed by atoms with van der Waals surface area (Å²) in [6.07, 6.45) is 0.928. The zero-order valence-electron chi connectivity index (χ0n) is 12.8. The molecule has 0 bridgehead atoms. The summed E-state index contributed by atoms with van der Waals surface area (Å²) in [6.45, 7) is 1.61. The number of sulfonamides is 1. The van der Waals surface area contributed by atoms with E-state index in [9.17, 15) is 8.42 Å². The molecular weight excluding hydrogens is 334 g/mol. The smallest absolute Gasteiger partial charge is 0.240 e. The molecule has 0 unspecified atom stereocenters. The molecule has 0 aromatic heterocycles. The molecule has 2 aromatic carbocycles. The van der Waals surface area contributed by atoms with E-state index in [1.165, 1.54) is 12.6 Å². The summed E-state index contributed by atoms with van der Waals surface area (Å²) in [7, 11) is -2.00. The van der Waals surface area contributed by atoms with Crippen LogP contribution in [0.25, 0.3) is 0 Å². The van der Waals surface area contributed by atoms with E-state index < -0.39 is 10.0 Å². The average Bonchev–Trinajstić information content (AvgIpc) is 2.90. The third-order valence-electron chi connectivity index (χ3n) is 3.95. The number of nitrogen functional groups attached to an aromatic ring is 1. The molecule has 1 aliphatic heterocycles. The quantitative estimate of drug-likeness (QED) is 0.826. The van der Waals surface area contributed by atoms with E-state index in [0.29, 0.717) is 4.90 Å². The van der Waals surface area contributed by atoms with Crippen molar-refractivity contribution in [2.45, 2.75) is 17.9 Å². The summed E-state index contributed by atoms with van der Waals surface area (Å²) >= 11 is 0. The number of fused-ring (bicyclic) bond motifs is 1. The zero-order chi connectivity index (χ0) is 15.7. The molecule has 1 heterocycles. The van der Waals surface area contributed by atoms with Gasteiger partial charge in [-0.2, -0.15) is 0 Å². The van der Waals surface area contributed by atoms with Gasteiger partial charge in [0.1, 0.15) is 0 Å². The van der Waals surface area contributed by atoms with Crippen molar-refractivity contribution in [1.82, 2.24) is 4.72 Å². The molecule has 0 saturated carbocycles. The van der Waals surface area contributed by atoms with Crippen LogP contribution in [-0.2, 0) is 23.0 Å². The predicted molar refractivity (Wildman–Crippen MR) is 95.5 cm³/mol. The van der Waals surface area contributed by atoms with Gasteiger partial charge in [0.05, 0.1) is 4.90 Å². The van der Waals surface area contributed by atoms with Crippen LogP contribution in [0.4, 0.5) is 11.4 Å². The van der Waals surface area contributed by atoms with Crippen LogP contribution in [0.1, 0.15) is 11.1 Å². The molecule has 5 nitrogen and oxygen atoms in total. The van der Waals surface area contributed by atoms with E-state index in [2.05, 4.69) is 9.62 Å². The average molecular weight is 354 g/mol. The Morgan fingerprint density at radius 3 is 2.70 bits per heavy atom. The molecule has 1 aliphatic rings. The maximum atomic E-state index is 12.0. The lowest BCUT2D eigenvalue weighted by molar-refractivity contribution is 0.588. The summed E-state index contributed by atoms with van der Waals surface area (Å²) < 4.78 is 26.3. The lowest BCUT2D eigenvalue weighted by atomic mass is 10.1. The first kappa shape index (κ1) is 17.6. The highest BCUT2D eigenvalue weighted by Crippen LogP contribution is 2.31. The van der Waals surface area contributed by atoms with Crippen molar-refractivity contribution in [3.05, 3.63) is 53.6 Å². The number of benzene rings is 2. The summed E-state index contributed by atoms with van der Waals surface area (Å²) in [5, 5.41) is 0. The van der Waals surface area contributed by atoms with Crippen molar-refractivity contribution in [3.8, 4) is 0 Å². The number of hydrogen-bond acceptors (Lipinski definition) is 4. The van der Waals surface area contributed by atoms with Gasteiger partial charge in [-0.15, -0.1) is 12.4 Å². The molecule has 0 atom stereocenters. The van der Waals surface area contributed by atoms with E-state index in [1.807, 2.05) is 30.3 Å². The third-order valence-corrected chi connectivity index (χ3v) is 5.36. The van der Waals surface area contributed by atoms with Gasteiger partial charge in [0, 0.05) is 24.5 Å². The van der Waals surface area contributed by atoms with Gasteiger partial charge in [0.2, 0.25) is 10.0 Å². The van der Waals surface area contributed by atoms with Gasteiger partial charge < -0.3 is 10.6 Å². The normalized spacial score (nSPS) is 13.5. The van der Waals surface area contributed by atoms with Crippen LogP contribution in [0.5, 0.6) is 0 Å². The van der Waals surface area contributed by atoms with Crippen LogP contribution in [-0.4, -0.2) is 22.0 Å². The highest BCUT2D eigenvalue weighted by Gasteiger charge is 2.22. The first-order valence-electron chi connectivity index (χ1n) is 7.15. The summed E-state index contributed by atoms with van der Waals surface area (Å²) in [5.41, 5.74) is 9.84. The Morgan fingerprint density at radius 2 is 2.00 bits per heavy atom. The SMILES string of the molecule is CNS(=O)(=O)c1ccc2c(c1)N(Cc1cccc(N)c1)CC2.Cl. The van der Waals surface area contributed by atoms with E-state index in [0.717, 1.165) is 36.4 Å². The van der Waals surface area contributed by atoms with Crippen LogP contribution in [0.3, 0.4) is 0 Å². The maximum absolute atomic E-state index is 12.0. The highest BCUT2D eigenvalue weighted by atomic mass is 35.5. The van der Waals surface area contributed by atoms with E-state index in [4.69, 9.17) is 5.73 Å². The lowest BCUT2D eigenvalue weighted by Crippen LogP contribution is -2.21. The number of anilines is 2. The topological polar surface area (TPSA) is 75.4 Å². The summed E-state index contributed by atoms with van der Waals surface area (Å²) in [5.74, 6) is 0. The molecule has 7 heteroatoms. The number of nitrogens with zero attached hydrogens (tertiary/aromatic N) is 1. The second kappa shape index (κ2) is 6.78. The largest absolute Gasteiger partial charge is 0.399 e. The molecule has 0 spiro atoms. The molecule has 0 aliphatic carbocycles. The number of nitrogens with two attached hydrogens (primary N) is 1. The van der Waals surface area contributed by atoms with Crippen LogP contribution in [0, 0.1) is 0 Å². The zero-order valence-corrected chi connectivity index (χ0v) is 14.5. The summed E-state index contributed by atoms with van der Waals surface area (Å²) in [6, 6.07) is 13.1. The molecule has 23 heavy (non-hydrogen) atoms. The predicted octanol–water partition coefficient (Wildman–Crippen LogP) is 2.16. The van der Waals surface area contributed by atoms with Crippen molar-refractivity contribution in [1.29, 1.82) is 0 Å². The van der Waals surface area contributed by atoms with E-state index in [-0.39, 0.29) is 12.4 Å². The van der Waals surface area contributed by atoms with Crippen LogP contribution < -0.4 is 15.4 Å². The first-order chi connectivity index (χ1) is 10.5. The van der Waals surface area contributed by atoms with E-state index in [1.54, 1.807) is 12.1 Å². The Labute approximate surface area is 143 Å². The number of halogens is 1. The van der Waals surface area contributed by atoms with Crippen molar-refractivity contribution in [2.24, 2.45) is 0 Å². The minimum Gasteiger partial charge on any atom is -0.399 e. The second-order valence-electron chi connectivity index (χ2n) is 5.41. The number of nitrogens with one attached hydrogen (secondary N) is 1. The number of hydrogen-bond donors (Lipinski definition) is 2. The van der Waals surface area contributed by atoms with Crippen LogP contribution in [0.15, 0.2) is 47.4 Å². The van der Waals surface area contributed by atoms with Crippen molar-refractivity contribution >= 4 is 33.8 Å². The van der Waals surface area contributed by atoms with Crippen LogP contribution >= 0.6 is 12.4 Å². The molecule has 0 amide bonds. The van der Waals surface area contributed by atoms with Gasteiger partial charge in [0.25, 0.3) is 0 Å². The van der Waals surface area contributed by atoms with Gasteiger partial charge in [-0.25, -0.2) is 13.1 Å². The fraction of sp³-hybridized carbons (Fsp3) is 0.250. The van der Waals surface area contributed by atoms with Crippen molar-refractivity contribution in [3.63, 3.8) is 0 Å². The highest BCUT2D eigenvalue weighted by molar-refractivity contribution is 7.89. The fourth-order valence-corrected chi connectivity index (χ4v) is 3.54. The molecule has 3 N–H and O–H groups in total. The Kier molecular flexibility index (Phi) is 5.19. The van der Waals surface area contributed by atoms with Crippen LogP contribution in [0.2, 0.25) is 0 Å². The molecule has 3 rings (SSSR count). The lowest BCUT2D eigenvalue weighted by Gasteiger charge is -2.20. The first-order valence-corrected chi connectivity index (χ1v) is 8.64. The fourth-order valence-electron chi connectivity index (χ4n) is 2.79. The van der Waals surface area contributed by atoms with Gasteiger partial charge >= 0.3 is 0 Å². The molecule has 2 aromatic rings. The van der Waals surface area contributed by atoms with Gasteiger partial charge in [0.15, 0.2) is 0 Å².